The summed E-state index contributed by atoms with van der Waals surface area (Å²) in [4.78, 5) is 0. The molecule has 0 aliphatic heterocycles. The Hall–Kier alpha value is -1.06. The Morgan fingerprint density at radius 1 is 1.29 bits per heavy atom. The predicted molar refractivity (Wildman–Crippen MR) is 86.9 cm³/mol. The van der Waals surface area contributed by atoms with Crippen molar-refractivity contribution >= 4 is 0 Å². The van der Waals surface area contributed by atoms with E-state index in [-0.39, 0.29) is 5.41 Å². The number of fused-ring (bicyclic) bond motifs is 1. The van der Waals surface area contributed by atoms with E-state index >= 15 is 0 Å². The molecule has 1 atom stereocenters. The highest BCUT2D eigenvalue weighted by molar-refractivity contribution is 5.39. The molecule has 1 unspecified atom stereocenters. The van der Waals surface area contributed by atoms with Crippen LogP contribution in [0.15, 0.2) is 18.2 Å². The molecule has 3 nitrogen and oxygen atoms in total. The van der Waals surface area contributed by atoms with Crippen molar-refractivity contribution in [3.63, 3.8) is 0 Å². The van der Waals surface area contributed by atoms with E-state index in [4.69, 9.17) is 9.47 Å². The zero-order valence-corrected chi connectivity index (χ0v) is 13.9. The van der Waals surface area contributed by atoms with Crippen LogP contribution >= 0.6 is 0 Å². The molecule has 0 heterocycles. The van der Waals surface area contributed by atoms with Gasteiger partial charge in [0, 0.05) is 26.3 Å². The number of hydrogen-bond acceptors (Lipinski definition) is 3. The van der Waals surface area contributed by atoms with Gasteiger partial charge in [0.2, 0.25) is 0 Å². The number of aryl methyl sites for hydroxylation is 1. The van der Waals surface area contributed by atoms with Gasteiger partial charge >= 0.3 is 0 Å². The van der Waals surface area contributed by atoms with E-state index in [2.05, 4.69) is 37.4 Å². The lowest BCUT2D eigenvalue weighted by Crippen LogP contribution is -2.34. The SMILES string of the molecule is COCCC(C)(C)CNC1CCCc2ccc(OC)cc21. The summed E-state index contributed by atoms with van der Waals surface area (Å²) >= 11 is 0. The fourth-order valence-corrected chi connectivity index (χ4v) is 2.98. The Morgan fingerprint density at radius 2 is 2.10 bits per heavy atom. The van der Waals surface area contributed by atoms with Gasteiger partial charge in [-0.15, -0.1) is 0 Å². The van der Waals surface area contributed by atoms with Crippen LogP contribution in [0.3, 0.4) is 0 Å². The van der Waals surface area contributed by atoms with Crippen LogP contribution in [0.5, 0.6) is 5.75 Å². The van der Waals surface area contributed by atoms with Gasteiger partial charge in [0.15, 0.2) is 0 Å². The third-order valence-corrected chi connectivity index (χ3v) is 4.48. The summed E-state index contributed by atoms with van der Waals surface area (Å²) in [6, 6.07) is 6.95. The van der Waals surface area contributed by atoms with E-state index in [1.165, 1.54) is 30.4 Å². The summed E-state index contributed by atoms with van der Waals surface area (Å²) < 4.78 is 10.6. The molecule has 0 saturated heterocycles. The van der Waals surface area contributed by atoms with Crippen LogP contribution in [-0.2, 0) is 11.2 Å². The lowest BCUT2D eigenvalue weighted by atomic mass is 9.85. The minimum absolute atomic E-state index is 0.256. The van der Waals surface area contributed by atoms with Gasteiger partial charge in [-0.3, -0.25) is 0 Å². The number of methoxy groups -OCH3 is 2. The van der Waals surface area contributed by atoms with Crippen LogP contribution in [0.2, 0.25) is 0 Å². The molecule has 0 fully saturated rings. The van der Waals surface area contributed by atoms with Crippen LogP contribution in [-0.4, -0.2) is 27.4 Å². The van der Waals surface area contributed by atoms with Gasteiger partial charge in [0.1, 0.15) is 5.75 Å². The first kappa shape index (κ1) is 16.3. The molecule has 118 valence electrons. The largest absolute Gasteiger partial charge is 0.497 e. The lowest BCUT2D eigenvalue weighted by Gasteiger charge is -2.31. The Kier molecular flexibility index (Phi) is 5.65. The second-order valence-corrected chi connectivity index (χ2v) is 6.80. The molecule has 0 radical (unpaired) electrons. The normalized spacial score (nSPS) is 18.4. The van der Waals surface area contributed by atoms with E-state index in [0.29, 0.717) is 6.04 Å². The molecule has 0 spiro atoms. The second-order valence-electron chi connectivity index (χ2n) is 6.80. The van der Waals surface area contributed by atoms with Crippen molar-refractivity contribution in [2.45, 2.75) is 45.6 Å². The topological polar surface area (TPSA) is 30.5 Å². The van der Waals surface area contributed by atoms with Gasteiger partial charge in [-0.2, -0.15) is 0 Å². The molecular weight excluding hydrogens is 262 g/mol. The minimum atomic E-state index is 0.256. The third-order valence-electron chi connectivity index (χ3n) is 4.48. The maximum Gasteiger partial charge on any atom is 0.119 e. The number of benzene rings is 1. The summed E-state index contributed by atoms with van der Waals surface area (Å²) in [5.41, 5.74) is 3.14. The molecule has 1 N–H and O–H groups in total. The molecule has 1 aliphatic rings. The Morgan fingerprint density at radius 3 is 2.81 bits per heavy atom. The first-order valence-electron chi connectivity index (χ1n) is 7.95. The van der Waals surface area contributed by atoms with Gasteiger partial charge in [0.05, 0.1) is 7.11 Å². The van der Waals surface area contributed by atoms with Gasteiger partial charge in [-0.05, 0) is 54.4 Å². The predicted octanol–water partition coefficient (Wildman–Crippen LogP) is 3.72. The molecule has 1 aromatic carbocycles. The zero-order chi connectivity index (χ0) is 15.3. The Balaban J connectivity index is 2.02. The van der Waals surface area contributed by atoms with E-state index in [9.17, 15) is 0 Å². The van der Waals surface area contributed by atoms with E-state index < -0.39 is 0 Å². The van der Waals surface area contributed by atoms with Crippen molar-refractivity contribution in [1.29, 1.82) is 0 Å². The summed E-state index contributed by atoms with van der Waals surface area (Å²) in [5, 5.41) is 3.77. The van der Waals surface area contributed by atoms with Crippen LogP contribution in [0.25, 0.3) is 0 Å². The highest BCUT2D eigenvalue weighted by atomic mass is 16.5. The third kappa shape index (κ3) is 4.45. The fourth-order valence-electron chi connectivity index (χ4n) is 2.98. The maximum absolute atomic E-state index is 5.38. The summed E-state index contributed by atoms with van der Waals surface area (Å²) in [7, 11) is 3.51. The van der Waals surface area contributed by atoms with Crippen LogP contribution in [0.1, 0.15) is 50.3 Å². The smallest absolute Gasteiger partial charge is 0.119 e. The van der Waals surface area contributed by atoms with Crippen molar-refractivity contribution in [3.05, 3.63) is 29.3 Å². The van der Waals surface area contributed by atoms with Crippen molar-refractivity contribution in [2.75, 3.05) is 27.4 Å². The molecule has 21 heavy (non-hydrogen) atoms. The quantitative estimate of drug-likeness (QED) is 0.830. The number of ether oxygens (including phenoxy) is 2. The van der Waals surface area contributed by atoms with Crippen molar-refractivity contribution < 1.29 is 9.47 Å². The van der Waals surface area contributed by atoms with E-state index in [0.717, 1.165) is 25.3 Å². The van der Waals surface area contributed by atoms with Crippen LogP contribution < -0.4 is 10.1 Å². The molecular formula is C18H29NO2. The Labute approximate surface area is 129 Å². The standard InChI is InChI=1S/C18H29NO2/c1-18(2,10-11-20-3)13-19-17-7-5-6-14-8-9-15(21-4)12-16(14)17/h8-9,12,17,19H,5-7,10-11,13H2,1-4H3. The first-order chi connectivity index (χ1) is 10.1. The molecule has 0 bridgehead atoms. The number of hydrogen-bond donors (Lipinski definition) is 1. The lowest BCUT2D eigenvalue weighted by molar-refractivity contribution is 0.148. The average Bonchev–Trinajstić information content (AvgIpc) is 2.50. The summed E-state index contributed by atoms with van der Waals surface area (Å²) in [6.45, 7) is 6.43. The van der Waals surface area contributed by atoms with Crippen molar-refractivity contribution in [1.82, 2.24) is 5.32 Å². The fraction of sp³-hybridized carbons (Fsp3) is 0.667. The maximum atomic E-state index is 5.38. The monoisotopic (exact) mass is 291 g/mol. The molecule has 0 aromatic heterocycles. The first-order valence-corrected chi connectivity index (χ1v) is 7.95. The molecule has 2 rings (SSSR count). The molecule has 3 heteroatoms. The minimum Gasteiger partial charge on any atom is -0.497 e. The zero-order valence-electron chi connectivity index (χ0n) is 13.9. The van der Waals surface area contributed by atoms with Crippen molar-refractivity contribution in [2.24, 2.45) is 5.41 Å². The van der Waals surface area contributed by atoms with Gasteiger partial charge in [0.25, 0.3) is 0 Å². The highest BCUT2D eigenvalue weighted by Gasteiger charge is 2.24. The molecule has 1 aliphatic carbocycles. The van der Waals surface area contributed by atoms with Crippen molar-refractivity contribution in [3.8, 4) is 5.75 Å². The van der Waals surface area contributed by atoms with Gasteiger partial charge in [-0.25, -0.2) is 0 Å². The number of rotatable bonds is 7. The molecule has 0 saturated carbocycles. The molecule has 1 aromatic rings. The van der Waals surface area contributed by atoms with Gasteiger partial charge < -0.3 is 14.8 Å². The summed E-state index contributed by atoms with van der Waals surface area (Å²) in [5.74, 6) is 0.959. The second kappa shape index (κ2) is 7.28. The van der Waals surface area contributed by atoms with E-state index in [1.54, 1.807) is 14.2 Å². The van der Waals surface area contributed by atoms with Crippen LogP contribution in [0.4, 0.5) is 0 Å². The number of nitrogens with one attached hydrogen (secondary N) is 1. The molecule has 0 amide bonds. The van der Waals surface area contributed by atoms with Crippen LogP contribution in [0, 0.1) is 5.41 Å². The summed E-state index contributed by atoms with van der Waals surface area (Å²) in [6.07, 6.45) is 4.73. The highest BCUT2D eigenvalue weighted by Crippen LogP contribution is 2.33. The Bertz CT molecular complexity index is 457. The van der Waals surface area contributed by atoms with E-state index in [1.807, 2.05) is 0 Å². The average molecular weight is 291 g/mol. The van der Waals surface area contributed by atoms with Gasteiger partial charge in [-0.1, -0.05) is 19.9 Å².